The van der Waals surface area contributed by atoms with E-state index >= 15 is 0 Å². The zero-order chi connectivity index (χ0) is 19.4. The second-order valence-electron chi connectivity index (χ2n) is 5.91. The lowest BCUT2D eigenvalue weighted by atomic mass is 10.1. The molecular formula is C17H16F3N3O3S. The van der Waals surface area contributed by atoms with Crippen molar-refractivity contribution in [1.29, 1.82) is 0 Å². The molecule has 1 N–H and O–H groups in total. The first kappa shape index (κ1) is 19.2. The van der Waals surface area contributed by atoms with E-state index < -0.39 is 17.8 Å². The quantitative estimate of drug-likeness (QED) is 0.807. The Morgan fingerprint density at radius 1 is 1.37 bits per heavy atom. The Morgan fingerprint density at radius 2 is 2.19 bits per heavy atom. The third-order valence-electron chi connectivity index (χ3n) is 3.89. The summed E-state index contributed by atoms with van der Waals surface area (Å²) in [6.07, 6.45) is -2.89. The predicted molar refractivity (Wildman–Crippen MR) is 92.5 cm³/mol. The SMILES string of the molecule is O=C(CCN1CCOC1=O)Nc1ncc(Cc2cccc(C(F)(F)F)c2)s1. The normalized spacial score (nSPS) is 14.3. The van der Waals surface area contributed by atoms with Crippen LogP contribution in [-0.4, -0.2) is 41.6 Å². The van der Waals surface area contributed by atoms with E-state index in [2.05, 4.69) is 10.3 Å². The van der Waals surface area contributed by atoms with Crippen molar-refractivity contribution in [2.75, 3.05) is 25.0 Å². The summed E-state index contributed by atoms with van der Waals surface area (Å²) in [6.45, 7) is 1.05. The molecule has 1 aliphatic heterocycles. The first-order chi connectivity index (χ1) is 12.8. The van der Waals surface area contributed by atoms with Crippen LogP contribution in [0, 0.1) is 0 Å². The van der Waals surface area contributed by atoms with Crippen LogP contribution in [0.1, 0.15) is 22.4 Å². The maximum Gasteiger partial charge on any atom is 0.416 e. The Kier molecular flexibility index (Phi) is 5.64. The molecular weight excluding hydrogens is 383 g/mol. The average Bonchev–Trinajstić information content (AvgIpc) is 3.21. The number of aromatic nitrogens is 1. The number of ether oxygens (including phenoxy) is 1. The number of nitrogens with zero attached hydrogens (tertiary/aromatic N) is 2. The third kappa shape index (κ3) is 5.19. The molecule has 6 nitrogen and oxygen atoms in total. The molecule has 27 heavy (non-hydrogen) atoms. The van der Waals surface area contributed by atoms with E-state index in [1.54, 1.807) is 6.07 Å². The van der Waals surface area contributed by atoms with E-state index in [1.807, 2.05) is 0 Å². The molecule has 1 fully saturated rings. The molecule has 1 aliphatic rings. The highest BCUT2D eigenvalue weighted by Crippen LogP contribution is 2.30. The van der Waals surface area contributed by atoms with E-state index in [1.165, 1.54) is 28.5 Å². The summed E-state index contributed by atoms with van der Waals surface area (Å²) >= 11 is 1.20. The molecule has 2 amide bonds. The van der Waals surface area contributed by atoms with Gasteiger partial charge in [0.2, 0.25) is 5.91 Å². The fourth-order valence-electron chi connectivity index (χ4n) is 2.55. The number of hydrogen-bond donors (Lipinski definition) is 1. The van der Waals surface area contributed by atoms with Gasteiger partial charge in [0.25, 0.3) is 0 Å². The second-order valence-corrected chi connectivity index (χ2v) is 7.02. The number of amides is 2. The number of nitrogens with one attached hydrogen (secondary N) is 1. The molecule has 10 heteroatoms. The number of hydrogen-bond acceptors (Lipinski definition) is 5. The van der Waals surface area contributed by atoms with E-state index in [0.717, 1.165) is 17.0 Å². The smallest absolute Gasteiger partial charge is 0.416 e. The van der Waals surface area contributed by atoms with Gasteiger partial charge in [0.15, 0.2) is 5.13 Å². The molecule has 144 valence electrons. The summed E-state index contributed by atoms with van der Waals surface area (Å²) in [5.41, 5.74) is -0.183. The van der Waals surface area contributed by atoms with Crippen molar-refractivity contribution < 1.29 is 27.5 Å². The molecule has 0 aliphatic carbocycles. The number of cyclic esters (lactones) is 1. The van der Waals surface area contributed by atoms with Gasteiger partial charge in [-0.3, -0.25) is 4.79 Å². The average molecular weight is 399 g/mol. The highest BCUT2D eigenvalue weighted by Gasteiger charge is 2.30. The van der Waals surface area contributed by atoms with Gasteiger partial charge in [0.1, 0.15) is 6.61 Å². The van der Waals surface area contributed by atoms with Gasteiger partial charge >= 0.3 is 12.3 Å². The Morgan fingerprint density at radius 3 is 2.89 bits per heavy atom. The molecule has 1 aromatic carbocycles. The first-order valence-corrected chi connectivity index (χ1v) is 8.95. The van der Waals surface area contributed by atoms with Crippen molar-refractivity contribution in [2.24, 2.45) is 0 Å². The van der Waals surface area contributed by atoms with Crippen molar-refractivity contribution >= 4 is 28.5 Å². The molecule has 0 unspecified atom stereocenters. The van der Waals surface area contributed by atoms with Crippen molar-refractivity contribution in [3.05, 3.63) is 46.5 Å². The highest BCUT2D eigenvalue weighted by atomic mass is 32.1. The number of halogens is 3. The predicted octanol–water partition coefficient (Wildman–Crippen LogP) is 3.53. The standard InChI is InChI=1S/C17H16F3N3O3S/c18-17(19,20)12-3-1-2-11(8-12)9-13-10-21-15(27-13)22-14(24)4-5-23-6-7-26-16(23)25/h1-3,8,10H,4-7,9H2,(H,21,22,24). The summed E-state index contributed by atoms with van der Waals surface area (Å²) in [4.78, 5) is 29.5. The summed E-state index contributed by atoms with van der Waals surface area (Å²) < 4.78 is 43.1. The molecule has 0 atom stereocenters. The lowest BCUT2D eigenvalue weighted by molar-refractivity contribution is -0.137. The van der Waals surface area contributed by atoms with Gasteiger partial charge in [-0.25, -0.2) is 9.78 Å². The minimum atomic E-state index is -4.38. The summed E-state index contributed by atoms with van der Waals surface area (Å²) in [5.74, 6) is -0.297. The number of anilines is 1. The molecule has 0 saturated carbocycles. The van der Waals surface area contributed by atoms with Crippen LogP contribution in [0.3, 0.4) is 0 Å². The van der Waals surface area contributed by atoms with Crippen molar-refractivity contribution in [1.82, 2.24) is 9.88 Å². The maximum absolute atomic E-state index is 12.8. The van der Waals surface area contributed by atoms with Crippen LogP contribution < -0.4 is 5.32 Å². The molecule has 1 saturated heterocycles. The van der Waals surface area contributed by atoms with Crippen LogP contribution in [0.25, 0.3) is 0 Å². The Bertz CT molecular complexity index is 838. The monoisotopic (exact) mass is 399 g/mol. The zero-order valence-corrected chi connectivity index (χ0v) is 14.9. The van der Waals surface area contributed by atoms with Gasteiger partial charge in [0.05, 0.1) is 12.1 Å². The van der Waals surface area contributed by atoms with Crippen LogP contribution in [0.15, 0.2) is 30.5 Å². The number of carbonyl (C=O) groups excluding carboxylic acids is 2. The van der Waals surface area contributed by atoms with E-state index in [-0.39, 0.29) is 25.3 Å². The lowest BCUT2D eigenvalue weighted by Crippen LogP contribution is -2.28. The van der Waals surface area contributed by atoms with Crippen molar-refractivity contribution in [2.45, 2.75) is 19.0 Å². The second kappa shape index (κ2) is 7.95. The third-order valence-corrected chi connectivity index (χ3v) is 4.80. The van der Waals surface area contributed by atoms with Gasteiger partial charge < -0.3 is 15.0 Å². The van der Waals surface area contributed by atoms with Crippen molar-refractivity contribution in [3.63, 3.8) is 0 Å². The summed E-state index contributed by atoms with van der Waals surface area (Å²) in [6, 6.07) is 5.11. The van der Waals surface area contributed by atoms with Gasteiger partial charge in [-0.1, -0.05) is 18.2 Å². The fourth-order valence-corrected chi connectivity index (χ4v) is 3.42. The number of carbonyl (C=O) groups is 2. The molecule has 0 bridgehead atoms. The molecule has 0 radical (unpaired) electrons. The number of rotatable bonds is 6. The Balaban J connectivity index is 1.54. The van der Waals surface area contributed by atoms with Gasteiger partial charge in [-0.15, -0.1) is 11.3 Å². The van der Waals surface area contributed by atoms with Crippen molar-refractivity contribution in [3.8, 4) is 0 Å². The summed E-state index contributed by atoms with van der Waals surface area (Å²) in [5, 5.41) is 3.00. The lowest BCUT2D eigenvalue weighted by Gasteiger charge is -2.11. The van der Waals surface area contributed by atoms with Crippen LogP contribution >= 0.6 is 11.3 Å². The summed E-state index contributed by atoms with van der Waals surface area (Å²) in [7, 11) is 0. The van der Waals surface area contributed by atoms with Crippen LogP contribution in [0.2, 0.25) is 0 Å². The van der Waals surface area contributed by atoms with Crippen LogP contribution in [-0.2, 0) is 22.1 Å². The maximum atomic E-state index is 12.8. The Labute approximate surface area is 157 Å². The van der Waals surface area contributed by atoms with E-state index in [0.29, 0.717) is 23.8 Å². The fraction of sp³-hybridized carbons (Fsp3) is 0.353. The first-order valence-electron chi connectivity index (χ1n) is 8.13. The number of alkyl halides is 3. The molecule has 2 aromatic rings. The highest BCUT2D eigenvalue weighted by molar-refractivity contribution is 7.15. The topological polar surface area (TPSA) is 71.5 Å². The minimum Gasteiger partial charge on any atom is -0.448 e. The Hall–Kier alpha value is -2.62. The molecule has 1 aromatic heterocycles. The van der Waals surface area contributed by atoms with Crippen LogP contribution in [0.4, 0.5) is 23.1 Å². The van der Waals surface area contributed by atoms with E-state index in [9.17, 15) is 22.8 Å². The molecule has 3 rings (SSSR count). The van der Waals surface area contributed by atoms with Gasteiger partial charge in [-0.05, 0) is 11.6 Å². The zero-order valence-electron chi connectivity index (χ0n) is 14.1. The molecule has 2 heterocycles. The molecule has 0 spiro atoms. The number of benzene rings is 1. The minimum absolute atomic E-state index is 0.109. The van der Waals surface area contributed by atoms with Crippen LogP contribution in [0.5, 0.6) is 0 Å². The van der Waals surface area contributed by atoms with Gasteiger partial charge in [-0.2, -0.15) is 13.2 Å². The number of thiazole rings is 1. The largest absolute Gasteiger partial charge is 0.448 e. The van der Waals surface area contributed by atoms with E-state index in [4.69, 9.17) is 4.74 Å². The van der Waals surface area contributed by atoms with Gasteiger partial charge in [0, 0.05) is 30.5 Å².